The molecule has 1 aromatic rings. The molecule has 1 saturated heterocycles. The van der Waals surface area contributed by atoms with E-state index < -0.39 is 5.38 Å². The van der Waals surface area contributed by atoms with Crippen molar-refractivity contribution in [2.24, 2.45) is 0 Å². The number of piperazine rings is 1. The number of benzene rings is 1. The lowest BCUT2D eigenvalue weighted by atomic mass is 10.0. The van der Waals surface area contributed by atoms with Crippen LogP contribution in [0.2, 0.25) is 0 Å². The van der Waals surface area contributed by atoms with Gasteiger partial charge in [0.15, 0.2) is 5.78 Å². The molecule has 1 unspecified atom stereocenters. The minimum absolute atomic E-state index is 0.0203. The normalized spacial score (nSPS) is 16.0. The first-order chi connectivity index (χ1) is 11.4. The molecule has 0 saturated carbocycles. The number of nitrogens with zero attached hydrogens (tertiary/aromatic N) is 2. The fraction of sp³-hybridized carbons (Fsp3) is 0.500. The molecule has 0 N–H and O–H groups in total. The Hall–Kier alpha value is -1.88. The summed E-state index contributed by atoms with van der Waals surface area (Å²) < 4.78 is 0. The first kappa shape index (κ1) is 18.5. The van der Waals surface area contributed by atoms with Crippen molar-refractivity contribution in [3.63, 3.8) is 0 Å². The van der Waals surface area contributed by atoms with Crippen molar-refractivity contribution < 1.29 is 14.4 Å². The highest BCUT2D eigenvalue weighted by atomic mass is 35.5. The first-order valence-electron chi connectivity index (χ1n) is 8.19. The maximum Gasteiger partial charge on any atom is 0.240 e. The molecule has 5 nitrogen and oxygen atoms in total. The minimum Gasteiger partial charge on any atom is -0.339 e. The van der Waals surface area contributed by atoms with Gasteiger partial charge in [-0.3, -0.25) is 14.4 Å². The number of aryl methyl sites for hydroxylation is 1. The average Bonchev–Trinajstić information content (AvgIpc) is 2.59. The van der Waals surface area contributed by atoms with Crippen LogP contribution < -0.4 is 0 Å². The molecule has 0 bridgehead atoms. The lowest BCUT2D eigenvalue weighted by Crippen LogP contribution is -2.52. The van der Waals surface area contributed by atoms with Crippen molar-refractivity contribution in [3.8, 4) is 0 Å². The van der Waals surface area contributed by atoms with Gasteiger partial charge in [0.05, 0.1) is 0 Å². The van der Waals surface area contributed by atoms with Crippen LogP contribution in [0.5, 0.6) is 0 Å². The number of halogens is 1. The molecule has 130 valence electrons. The second-order valence-electron chi connectivity index (χ2n) is 6.11. The van der Waals surface area contributed by atoms with Gasteiger partial charge in [-0.1, -0.05) is 29.8 Å². The Balaban J connectivity index is 1.78. The maximum absolute atomic E-state index is 12.2. The third-order valence-electron chi connectivity index (χ3n) is 4.22. The van der Waals surface area contributed by atoms with Crippen LogP contribution in [-0.4, -0.2) is 59.0 Å². The minimum atomic E-state index is -0.542. The summed E-state index contributed by atoms with van der Waals surface area (Å²) in [6.45, 7) is 5.59. The highest BCUT2D eigenvalue weighted by molar-refractivity contribution is 6.30. The van der Waals surface area contributed by atoms with E-state index in [4.69, 9.17) is 11.6 Å². The molecule has 2 amide bonds. The summed E-state index contributed by atoms with van der Waals surface area (Å²) >= 11 is 5.80. The van der Waals surface area contributed by atoms with Gasteiger partial charge in [0.2, 0.25) is 11.8 Å². The number of amides is 2. The Morgan fingerprint density at radius 2 is 1.54 bits per heavy atom. The van der Waals surface area contributed by atoms with E-state index in [9.17, 15) is 14.4 Å². The molecule has 1 heterocycles. The Morgan fingerprint density at radius 3 is 2.08 bits per heavy atom. The molecular weight excluding hydrogens is 328 g/mol. The first-order valence-corrected chi connectivity index (χ1v) is 8.62. The summed E-state index contributed by atoms with van der Waals surface area (Å²) in [7, 11) is 0. The molecule has 0 aliphatic carbocycles. The van der Waals surface area contributed by atoms with Crippen molar-refractivity contribution in [3.05, 3.63) is 35.4 Å². The van der Waals surface area contributed by atoms with Crippen LogP contribution in [0.15, 0.2) is 24.3 Å². The van der Waals surface area contributed by atoms with Crippen LogP contribution in [0, 0.1) is 6.92 Å². The van der Waals surface area contributed by atoms with Crippen molar-refractivity contribution in [1.82, 2.24) is 9.80 Å². The number of carbonyl (C=O) groups excluding carboxylic acids is 3. The van der Waals surface area contributed by atoms with E-state index in [1.165, 1.54) is 0 Å². The molecule has 1 aromatic carbocycles. The lowest BCUT2D eigenvalue weighted by Gasteiger charge is -2.35. The van der Waals surface area contributed by atoms with Crippen LogP contribution in [0.1, 0.15) is 35.7 Å². The number of rotatable bonds is 5. The summed E-state index contributed by atoms with van der Waals surface area (Å²) in [5, 5.41) is -0.542. The van der Waals surface area contributed by atoms with Gasteiger partial charge in [-0.2, -0.15) is 0 Å². The number of alkyl halides is 1. The Kier molecular flexibility index (Phi) is 6.37. The van der Waals surface area contributed by atoms with Gasteiger partial charge in [-0.25, -0.2) is 0 Å². The van der Waals surface area contributed by atoms with E-state index >= 15 is 0 Å². The number of hydrogen-bond acceptors (Lipinski definition) is 3. The molecule has 1 aliphatic heterocycles. The number of carbonyl (C=O) groups is 3. The average molecular weight is 351 g/mol. The molecule has 1 atom stereocenters. The molecule has 1 fully saturated rings. The molecule has 0 aromatic heterocycles. The SMILES string of the molecule is Cc1ccc(C(=O)CCC(=O)N2CCN(C(=O)C(C)Cl)CC2)cc1. The third kappa shape index (κ3) is 4.81. The van der Waals surface area contributed by atoms with Gasteiger partial charge in [-0.05, 0) is 13.8 Å². The summed E-state index contributed by atoms with van der Waals surface area (Å²) in [6.07, 6.45) is 0.409. The Morgan fingerprint density at radius 1 is 1.00 bits per heavy atom. The molecule has 0 spiro atoms. The lowest BCUT2D eigenvalue weighted by molar-refractivity contribution is -0.139. The summed E-state index contributed by atoms with van der Waals surface area (Å²) in [6, 6.07) is 7.37. The molecule has 0 radical (unpaired) electrons. The zero-order chi connectivity index (χ0) is 17.7. The van der Waals surface area contributed by atoms with Gasteiger partial charge in [0, 0.05) is 44.6 Å². The van der Waals surface area contributed by atoms with Gasteiger partial charge >= 0.3 is 0 Å². The van der Waals surface area contributed by atoms with Crippen LogP contribution in [0.4, 0.5) is 0 Å². The summed E-state index contributed by atoms with van der Waals surface area (Å²) in [5.74, 6) is -0.159. The quantitative estimate of drug-likeness (QED) is 0.604. The highest BCUT2D eigenvalue weighted by Crippen LogP contribution is 2.11. The predicted octanol–water partition coefficient (Wildman–Crippen LogP) is 2.26. The number of hydrogen-bond donors (Lipinski definition) is 0. The fourth-order valence-electron chi connectivity index (χ4n) is 2.69. The molecule has 2 rings (SSSR count). The predicted molar refractivity (Wildman–Crippen MR) is 93.2 cm³/mol. The van der Waals surface area contributed by atoms with Crippen LogP contribution in [0.3, 0.4) is 0 Å². The van der Waals surface area contributed by atoms with Crippen molar-refractivity contribution in [2.75, 3.05) is 26.2 Å². The van der Waals surface area contributed by atoms with Crippen LogP contribution >= 0.6 is 11.6 Å². The van der Waals surface area contributed by atoms with E-state index in [0.29, 0.717) is 31.7 Å². The number of Topliss-reactive ketones (excluding diaryl/α,β-unsaturated/α-hetero) is 1. The number of ketones is 1. The van der Waals surface area contributed by atoms with Crippen LogP contribution in [0.25, 0.3) is 0 Å². The van der Waals surface area contributed by atoms with Gasteiger partial charge < -0.3 is 9.80 Å². The monoisotopic (exact) mass is 350 g/mol. The highest BCUT2D eigenvalue weighted by Gasteiger charge is 2.26. The molecular formula is C18H23ClN2O3. The van der Waals surface area contributed by atoms with E-state index in [1.54, 1.807) is 28.9 Å². The van der Waals surface area contributed by atoms with E-state index in [0.717, 1.165) is 5.56 Å². The van der Waals surface area contributed by atoms with E-state index in [1.807, 2.05) is 19.1 Å². The van der Waals surface area contributed by atoms with Gasteiger partial charge in [0.1, 0.15) is 5.38 Å². The zero-order valence-corrected chi connectivity index (χ0v) is 14.9. The smallest absolute Gasteiger partial charge is 0.240 e. The summed E-state index contributed by atoms with van der Waals surface area (Å²) in [5.41, 5.74) is 1.74. The Bertz CT molecular complexity index is 605. The zero-order valence-electron chi connectivity index (χ0n) is 14.1. The second kappa shape index (κ2) is 8.29. The summed E-state index contributed by atoms with van der Waals surface area (Å²) in [4.78, 5) is 39.6. The molecule has 24 heavy (non-hydrogen) atoms. The van der Waals surface area contributed by atoms with Crippen molar-refractivity contribution in [2.45, 2.75) is 32.1 Å². The van der Waals surface area contributed by atoms with Crippen molar-refractivity contribution in [1.29, 1.82) is 0 Å². The second-order valence-corrected chi connectivity index (χ2v) is 6.77. The standard InChI is InChI=1S/C18H23ClN2O3/c1-13-3-5-15(6-4-13)16(22)7-8-17(23)20-9-11-21(12-10-20)18(24)14(2)19/h3-6,14H,7-12H2,1-2H3. The fourth-order valence-corrected chi connectivity index (χ4v) is 2.83. The van der Waals surface area contributed by atoms with Gasteiger partial charge in [-0.15, -0.1) is 11.6 Å². The van der Waals surface area contributed by atoms with Crippen LogP contribution in [-0.2, 0) is 9.59 Å². The van der Waals surface area contributed by atoms with Crippen molar-refractivity contribution >= 4 is 29.2 Å². The van der Waals surface area contributed by atoms with E-state index in [2.05, 4.69) is 0 Å². The molecule has 6 heteroatoms. The maximum atomic E-state index is 12.2. The topological polar surface area (TPSA) is 57.7 Å². The molecule has 1 aliphatic rings. The third-order valence-corrected chi connectivity index (χ3v) is 4.41. The largest absolute Gasteiger partial charge is 0.339 e. The van der Waals surface area contributed by atoms with E-state index in [-0.39, 0.29) is 30.4 Å². The van der Waals surface area contributed by atoms with Gasteiger partial charge in [0.25, 0.3) is 0 Å². The Labute approximate surface area is 147 Å².